The molecule has 3 atom stereocenters. The smallest absolute Gasteiger partial charge is 0.00493 e. The molecule has 3 unspecified atom stereocenters. The fourth-order valence-electron chi connectivity index (χ4n) is 3.08. The summed E-state index contributed by atoms with van der Waals surface area (Å²) in [5.74, 6) is 2.96. The van der Waals surface area contributed by atoms with Gasteiger partial charge >= 0.3 is 0 Å². The van der Waals surface area contributed by atoms with E-state index in [-0.39, 0.29) is 0 Å². The summed E-state index contributed by atoms with van der Waals surface area (Å²) in [4.78, 5) is 0. The SMILES string of the molecule is CCC1CCCCC1C(C)CCNC. The van der Waals surface area contributed by atoms with Crippen LogP contribution < -0.4 is 5.32 Å². The summed E-state index contributed by atoms with van der Waals surface area (Å²) in [5, 5.41) is 3.27. The van der Waals surface area contributed by atoms with Crippen LogP contribution in [0.25, 0.3) is 0 Å². The van der Waals surface area contributed by atoms with Gasteiger partial charge in [0.25, 0.3) is 0 Å². The van der Waals surface area contributed by atoms with Crippen molar-refractivity contribution < 1.29 is 0 Å². The molecule has 1 heteroatoms. The topological polar surface area (TPSA) is 12.0 Å². The Bertz CT molecular complexity index is 144. The molecule has 0 bridgehead atoms. The van der Waals surface area contributed by atoms with Crippen LogP contribution in [-0.2, 0) is 0 Å². The standard InChI is InChI=1S/C13H27N/c1-4-12-7-5-6-8-13(12)11(2)9-10-14-3/h11-14H,4-10H2,1-3H3. The molecule has 1 saturated carbocycles. The molecular weight excluding hydrogens is 170 g/mol. The predicted molar refractivity (Wildman–Crippen MR) is 63.4 cm³/mol. The van der Waals surface area contributed by atoms with Crippen molar-refractivity contribution >= 4 is 0 Å². The first-order chi connectivity index (χ1) is 6.79. The Balaban J connectivity index is 2.37. The summed E-state index contributed by atoms with van der Waals surface area (Å²) >= 11 is 0. The molecule has 14 heavy (non-hydrogen) atoms. The summed E-state index contributed by atoms with van der Waals surface area (Å²) in [6, 6.07) is 0. The highest BCUT2D eigenvalue weighted by molar-refractivity contribution is 4.78. The molecule has 1 nitrogen and oxygen atoms in total. The van der Waals surface area contributed by atoms with E-state index in [0.29, 0.717) is 0 Å². The molecule has 1 aliphatic carbocycles. The van der Waals surface area contributed by atoms with E-state index in [4.69, 9.17) is 0 Å². The van der Waals surface area contributed by atoms with E-state index in [0.717, 1.165) is 17.8 Å². The van der Waals surface area contributed by atoms with Gasteiger partial charge in [0, 0.05) is 0 Å². The van der Waals surface area contributed by atoms with Gasteiger partial charge in [-0.25, -0.2) is 0 Å². The molecule has 1 N–H and O–H groups in total. The fourth-order valence-corrected chi connectivity index (χ4v) is 3.08. The lowest BCUT2D eigenvalue weighted by molar-refractivity contribution is 0.159. The van der Waals surface area contributed by atoms with Crippen molar-refractivity contribution in [3.8, 4) is 0 Å². The molecule has 0 radical (unpaired) electrons. The number of rotatable bonds is 5. The van der Waals surface area contributed by atoms with Crippen LogP contribution >= 0.6 is 0 Å². The molecular formula is C13H27N. The van der Waals surface area contributed by atoms with E-state index in [1.165, 1.54) is 45.1 Å². The van der Waals surface area contributed by atoms with Gasteiger partial charge in [-0.2, -0.15) is 0 Å². The summed E-state index contributed by atoms with van der Waals surface area (Å²) in [7, 11) is 2.06. The van der Waals surface area contributed by atoms with Crippen LogP contribution in [0.4, 0.5) is 0 Å². The molecule has 1 rings (SSSR count). The highest BCUT2D eigenvalue weighted by Gasteiger charge is 2.27. The molecule has 0 aromatic heterocycles. The average Bonchev–Trinajstić information content (AvgIpc) is 2.25. The second-order valence-corrected chi connectivity index (χ2v) is 4.99. The third-order valence-electron chi connectivity index (χ3n) is 4.07. The van der Waals surface area contributed by atoms with E-state index in [1.54, 1.807) is 0 Å². The van der Waals surface area contributed by atoms with Crippen molar-refractivity contribution in [2.24, 2.45) is 17.8 Å². The van der Waals surface area contributed by atoms with Crippen molar-refractivity contribution in [2.45, 2.75) is 52.4 Å². The first-order valence-corrected chi connectivity index (χ1v) is 6.44. The quantitative estimate of drug-likeness (QED) is 0.712. The van der Waals surface area contributed by atoms with Crippen LogP contribution in [0.1, 0.15) is 52.4 Å². The lowest BCUT2D eigenvalue weighted by Gasteiger charge is -2.35. The molecule has 0 heterocycles. The van der Waals surface area contributed by atoms with Crippen LogP contribution in [-0.4, -0.2) is 13.6 Å². The second-order valence-electron chi connectivity index (χ2n) is 4.99. The minimum absolute atomic E-state index is 0.924. The molecule has 0 aromatic carbocycles. The van der Waals surface area contributed by atoms with Crippen molar-refractivity contribution in [1.29, 1.82) is 0 Å². The summed E-state index contributed by atoms with van der Waals surface area (Å²) in [6.07, 6.45) is 8.69. The molecule has 0 saturated heterocycles. The Hall–Kier alpha value is -0.0400. The van der Waals surface area contributed by atoms with E-state index in [9.17, 15) is 0 Å². The highest BCUT2D eigenvalue weighted by atomic mass is 14.8. The minimum Gasteiger partial charge on any atom is -0.320 e. The van der Waals surface area contributed by atoms with E-state index in [1.807, 2.05) is 0 Å². The molecule has 84 valence electrons. The zero-order valence-electron chi connectivity index (χ0n) is 10.2. The molecule has 1 aliphatic rings. The van der Waals surface area contributed by atoms with Gasteiger partial charge in [-0.05, 0) is 44.2 Å². The molecule has 0 aromatic rings. The van der Waals surface area contributed by atoms with Gasteiger partial charge in [0.15, 0.2) is 0 Å². The van der Waals surface area contributed by atoms with Crippen LogP contribution in [0.5, 0.6) is 0 Å². The van der Waals surface area contributed by atoms with Gasteiger partial charge in [0.1, 0.15) is 0 Å². The van der Waals surface area contributed by atoms with Crippen LogP contribution in [0.15, 0.2) is 0 Å². The molecule has 0 spiro atoms. The second kappa shape index (κ2) is 6.44. The Morgan fingerprint density at radius 3 is 2.64 bits per heavy atom. The molecule has 0 aliphatic heterocycles. The third kappa shape index (κ3) is 3.27. The van der Waals surface area contributed by atoms with Gasteiger partial charge in [0.2, 0.25) is 0 Å². The van der Waals surface area contributed by atoms with Gasteiger partial charge in [-0.15, -0.1) is 0 Å². The number of nitrogens with one attached hydrogen (secondary N) is 1. The first kappa shape index (κ1) is 12.0. The average molecular weight is 197 g/mol. The normalized spacial score (nSPS) is 30.2. The van der Waals surface area contributed by atoms with Crippen LogP contribution in [0, 0.1) is 17.8 Å². The van der Waals surface area contributed by atoms with E-state index >= 15 is 0 Å². The summed E-state index contributed by atoms with van der Waals surface area (Å²) in [5.41, 5.74) is 0. The lowest BCUT2D eigenvalue weighted by Crippen LogP contribution is -2.27. The molecule has 0 amide bonds. The minimum atomic E-state index is 0.924. The molecule has 1 fully saturated rings. The maximum Gasteiger partial charge on any atom is -0.00493 e. The summed E-state index contributed by atoms with van der Waals surface area (Å²) < 4.78 is 0. The Morgan fingerprint density at radius 1 is 1.29 bits per heavy atom. The van der Waals surface area contributed by atoms with Gasteiger partial charge in [0.05, 0.1) is 0 Å². The Kier molecular flexibility index (Phi) is 5.54. The largest absolute Gasteiger partial charge is 0.320 e. The Labute approximate surface area is 89.7 Å². The first-order valence-electron chi connectivity index (χ1n) is 6.44. The highest BCUT2D eigenvalue weighted by Crippen LogP contribution is 2.37. The van der Waals surface area contributed by atoms with Crippen LogP contribution in [0.2, 0.25) is 0 Å². The van der Waals surface area contributed by atoms with Crippen molar-refractivity contribution in [3.63, 3.8) is 0 Å². The summed E-state index contributed by atoms with van der Waals surface area (Å²) in [6.45, 7) is 6.01. The zero-order chi connectivity index (χ0) is 10.4. The third-order valence-corrected chi connectivity index (χ3v) is 4.07. The number of hydrogen-bond acceptors (Lipinski definition) is 1. The van der Waals surface area contributed by atoms with Crippen molar-refractivity contribution in [1.82, 2.24) is 5.32 Å². The monoisotopic (exact) mass is 197 g/mol. The van der Waals surface area contributed by atoms with Gasteiger partial charge < -0.3 is 5.32 Å². The predicted octanol–water partition coefficient (Wildman–Crippen LogP) is 3.45. The zero-order valence-corrected chi connectivity index (χ0v) is 10.2. The number of hydrogen-bond donors (Lipinski definition) is 1. The van der Waals surface area contributed by atoms with Gasteiger partial charge in [-0.1, -0.05) is 39.5 Å². The van der Waals surface area contributed by atoms with E-state index in [2.05, 4.69) is 26.2 Å². The Morgan fingerprint density at radius 2 is 2.00 bits per heavy atom. The maximum atomic E-state index is 3.27. The lowest BCUT2D eigenvalue weighted by atomic mass is 9.71. The fraction of sp³-hybridized carbons (Fsp3) is 1.00. The van der Waals surface area contributed by atoms with E-state index < -0.39 is 0 Å². The van der Waals surface area contributed by atoms with Crippen molar-refractivity contribution in [3.05, 3.63) is 0 Å². The van der Waals surface area contributed by atoms with Gasteiger partial charge in [-0.3, -0.25) is 0 Å². The van der Waals surface area contributed by atoms with Crippen molar-refractivity contribution in [2.75, 3.05) is 13.6 Å². The maximum absolute atomic E-state index is 3.27. The van der Waals surface area contributed by atoms with Crippen LogP contribution in [0.3, 0.4) is 0 Å².